The Hall–Kier alpha value is -1.97. The zero-order chi connectivity index (χ0) is 17.0. The molecule has 0 N–H and O–H groups in total. The lowest BCUT2D eigenvalue weighted by molar-refractivity contribution is 0.0879. The first kappa shape index (κ1) is 17.4. The van der Waals surface area contributed by atoms with Gasteiger partial charge >= 0.3 is 0 Å². The number of ether oxygens (including phenoxy) is 3. The minimum absolute atomic E-state index is 0.333. The number of methoxy groups -OCH3 is 3. The summed E-state index contributed by atoms with van der Waals surface area (Å²) < 4.78 is 16.1. The third-order valence-corrected chi connectivity index (χ3v) is 4.48. The van der Waals surface area contributed by atoms with Gasteiger partial charge in [0.1, 0.15) is 6.04 Å². The number of hydrogen-bond acceptors (Lipinski definition) is 6. The standard InChI is InChI=1S/C17H25N3O3/c1-12-11-20(7-6-19(12)2)14(10-18)13-8-15(21-3)17(23-5)16(9-13)22-4/h8-9,12,14H,6-7,11H2,1-5H3. The Bertz CT molecular complexity index is 560. The highest BCUT2D eigenvalue weighted by atomic mass is 16.5. The van der Waals surface area contributed by atoms with E-state index in [1.807, 2.05) is 12.1 Å². The molecule has 0 spiro atoms. The van der Waals surface area contributed by atoms with E-state index in [4.69, 9.17) is 14.2 Å². The van der Waals surface area contributed by atoms with Crippen LogP contribution in [0.1, 0.15) is 18.5 Å². The molecule has 6 nitrogen and oxygen atoms in total. The molecule has 0 aromatic heterocycles. The molecule has 0 bridgehead atoms. The maximum absolute atomic E-state index is 9.72. The Labute approximate surface area is 138 Å². The number of rotatable bonds is 5. The maximum Gasteiger partial charge on any atom is 0.203 e. The van der Waals surface area contributed by atoms with Gasteiger partial charge in [0, 0.05) is 25.7 Å². The summed E-state index contributed by atoms with van der Waals surface area (Å²) in [6.07, 6.45) is 0. The molecule has 0 amide bonds. The zero-order valence-corrected chi connectivity index (χ0v) is 14.5. The highest BCUT2D eigenvalue weighted by Gasteiger charge is 2.29. The SMILES string of the molecule is COc1cc(C(C#N)N2CCN(C)C(C)C2)cc(OC)c1OC. The van der Waals surface area contributed by atoms with E-state index in [1.165, 1.54) is 0 Å². The summed E-state index contributed by atoms with van der Waals surface area (Å²) in [5.41, 5.74) is 0.860. The molecule has 23 heavy (non-hydrogen) atoms. The second kappa shape index (κ2) is 7.53. The van der Waals surface area contributed by atoms with E-state index in [-0.39, 0.29) is 6.04 Å². The molecule has 1 heterocycles. The van der Waals surface area contributed by atoms with Gasteiger partial charge < -0.3 is 19.1 Å². The number of benzene rings is 1. The Kier molecular flexibility index (Phi) is 5.69. The Morgan fingerprint density at radius 2 is 1.74 bits per heavy atom. The van der Waals surface area contributed by atoms with Gasteiger partial charge in [-0.05, 0) is 31.7 Å². The van der Waals surface area contributed by atoms with E-state index in [0.717, 1.165) is 25.2 Å². The van der Waals surface area contributed by atoms with Crippen molar-refractivity contribution in [1.82, 2.24) is 9.80 Å². The number of nitriles is 1. The normalized spacial score (nSPS) is 20.6. The first-order valence-electron chi connectivity index (χ1n) is 7.69. The first-order valence-corrected chi connectivity index (χ1v) is 7.69. The van der Waals surface area contributed by atoms with Crippen LogP contribution in [0.2, 0.25) is 0 Å². The molecule has 2 unspecified atom stereocenters. The van der Waals surface area contributed by atoms with Gasteiger partial charge in [0.2, 0.25) is 5.75 Å². The van der Waals surface area contributed by atoms with Crippen LogP contribution in [-0.4, -0.2) is 63.9 Å². The van der Waals surface area contributed by atoms with Crippen molar-refractivity contribution in [3.8, 4) is 23.3 Å². The van der Waals surface area contributed by atoms with Gasteiger partial charge in [-0.2, -0.15) is 5.26 Å². The third-order valence-electron chi connectivity index (χ3n) is 4.48. The minimum Gasteiger partial charge on any atom is -0.493 e. The molecule has 6 heteroatoms. The molecule has 2 rings (SSSR count). The summed E-state index contributed by atoms with van der Waals surface area (Å²) >= 11 is 0. The fourth-order valence-electron chi connectivity index (χ4n) is 2.94. The quantitative estimate of drug-likeness (QED) is 0.826. The summed E-state index contributed by atoms with van der Waals surface area (Å²) in [6.45, 7) is 4.83. The van der Waals surface area contributed by atoms with Crippen molar-refractivity contribution in [2.75, 3.05) is 48.0 Å². The van der Waals surface area contributed by atoms with Crippen LogP contribution in [0.4, 0.5) is 0 Å². The van der Waals surface area contributed by atoms with Crippen molar-refractivity contribution >= 4 is 0 Å². The molecule has 1 saturated heterocycles. The smallest absolute Gasteiger partial charge is 0.203 e. The molecular formula is C17H25N3O3. The lowest BCUT2D eigenvalue weighted by Gasteiger charge is -2.39. The molecule has 2 atom stereocenters. The molecule has 1 aromatic rings. The van der Waals surface area contributed by atoms with E-state index in [1.54, 1.807) is 21.3 Å². The van der Waals surface area contributed by atoms with Gasteiger partial charge in [0.15, 0.2) is 11.5 Å². The van der Waals surface area contributed by atoms with Crippen LogP contribution in [0, 0.1) is 11.3 Å². The van der Waals surface area contributed by atoms with Crippen LogP contribution >= 0.6 is 0 Å². The van der Waals surface area contributed by atoms with Crippen LogP contribution in [0.3, 0.4) is 0 Å². The van der Waals surface area contributed by atoms with Gasteiger partial charge in [-0.25, -0.2) is 0 Å². The summed E-state index contributed by atoms with van der Waals surface area (Å²) in [6, 6.07) is 6.22. The van der Waals surface area contributed by atoms with Gasteiger partial charge in [-0.1, -0.05) is 0 Å². The van der Waals surface area contributed by atoms with Crippen molar-refractivity contribution < 1.29 is 14.2 Å². The molecule has 1 aromatic carbocycles. The average Bonchev–Trinajstić information content (AvgIpc) is 2.57. The van der Waals surface area contributed by atoms with Crippen molar-refractivity contribution in [1.29, 1.82) is 5.26 Å². The zero-order valence-electron chi connectivity index (χ0n) is 14.5. The van der Waals surface area contributed by atoms with Crippen LogP contribution in [0.15, 0.2) is 12.1 Å². The number of nitrogens with zero attached hydrogens (tertiary/aromatic N) is 3. The lowest BCUT2D eigenvalue weighted by Crippen LogP contribution is -2.50. The molecule has 1 fully saturated rings. The predicted octanol–water partition coefficient (Wildman–Crippen LogP) is 1.91. The Morgan fingerprint density at radius 3 is 2.17 bits per heavy atom. The minimum atomic E-state index is -0.333. The van der Waals surface area contributed by atoms with Crippen LogP contribution < -0.4 is 14.2 Å². The maximum atomic E-state index is 9.72. The van der Waals surface area contributed by atoms with Crippen LogP contribution in [0.5, 0.6) is 17.2 Å². The molecule has 0 radical (unpaired) electrons. The van der Waals surface area contributed by atoms with E-state index >= 15 is 0 Å². The van der Waals surface area contributed by atoms with Crippen molar-refractivity contribution in [2.24, 2.45) is 0 Å². The van der Waals surface area contributed by atoms with Crippen molar-refractivity contribution in [3.05, 3.63) is 17.7 Å². The summed E-state index contributed by atoms with van der Waals surface area (Å²) in [7, 11) is 6.85. The monoisotopic (exact) mass is 319 g/mol. The molecule has 0 saturated carbocycles. The largest absolute Gasteiger partial charge is 0.493 e. The van der Waals surface area contributed by atoms with E-state index in [2.05, 4.69) is 29.8 Å². The van der Waals surface area contributed by atoms with Gasteiger partial charge in [-0.15, -0.1) is 0 Å². The van der Waals surface area contributed by atoms with Gasteiger partial charge in [0.05, 0.1) is 27.4 Å². The van der Waals surface area contributed by atoms with E-state index in [0.29, 0.717) is 23.3 Å². The van der Waals surface area contributed by atoms with Crippen molar-refractivity contribution in [3.63, 3.8) is 0 Å². The highest BCUT2D eigenvalue weighted by Crippen LogP contribution is 2.40. The summed E-state index contributed by atoms with van der Waals surface area (Å²) in [5.74, 6) is 1.69. The molecular weight excluding hydrogens is 294 g/mol. The Balaban J connectivity index is 2.36. The van der Waals surface area contributed by atoms with Crippen LogP contribution in [-0.2, 0) is 0 Å². The molecule has 1 aliphatic heterocycles. The second-order valence-corrected chi connectivity index (χ2v) is 5.81. The van der Waals surface area contributed by atoms with Gasteiger partial charge in [0.25, 0.3) is 0 Å². The number of likely N-dealkylation sites (N-methyl/N-ethyl adjacent to an activating group) is 1. The molecule has 1 aliphatic rings. The summed E-state index contributed by atoms with van der Waals surface area (Å²) in [5, 5.41) is 9.72. The molecule has 0 aliphatic carbocycles. The lowest BCUT2D eigenvalue weighted by atomic mass is 10.0. The topological polar surface area (TPSA) is 58.0 Å². The van der Waals surface area contributed by atoms with Crippen molar-refractivity contribution in [2.45, 2.75) is 19.0 Å². The highest BCUT2D eigenvalue weighted by molar-refractivity contribution is 5.55. The van der Waals surface area contributed by atoms with Gasteiger partial charge in [-0.3, -0.25) is 4.90 Å². The first-order chi connectivity index (χ1) is 11.0. The number of hydrogen-bond donors (Lipinski definition) is 0. The fourth-order valence-corrected chi connectivity index (χ4v) is 2.94. The van der Waals surface area contributed by atoms with Crippen LogP contribution in [0.25, 0.3) is 0 Å². The third kappa shape index (κ3) is 3.52. The number of piperazine rings is 1. The average molecular weight is 319 g/mol. The molecule has 126 valence electrons. The van der Waals surface area contributed by atoms with E-state index < -0.39 is 0 Å². The Morgan fingerprint density at radius 1 is 1.13 bits per heavy atom. The second-order valence-electron chi connectivity index (χ2n) is 5.81. The summed E-state index contributed by atoms with van der Waals surface area (Å²) in [4.78, 5) is 4.51. The van der Waals surface area contributed by atoms with E-state index in [9.17, 15) is 5.26 Å². The predicted molar refractivity (Wildman–Crippen MR) is 88.1 cm³/mol. The fraction of sp³-hybridized carbons (Fsp3) is 0.588.